The Morgan fingerprint density at radius 3 is 1.86 bits per heavy atom. The van der Waals surface area contributed by atoms with Crippen LogP contribution >= 0.6 is 11.8 Å². The van der Waals surface area contributed by atoms with Crippen LogP contribution in [0.2, 0.25) is 0 Å². The number of hydrogen-bond donors (Lipinski definition) is 0. The number of likely N-dealkylation sites (tertiary alicyclic amines) is 1. The highest BCUT2D eigenvalue weighted by Crippen LogP contribution is 2.52. The summed E-state index contributed by atoms with van der Waals surface area (Å²) in [6.07, 6.45) is 1.33. The SMILES string of the molecule is CN(C)CC[C@@H]1C[C@H](SC(c2ccccc2)(c2ccccc2)c2ccccc2)CN1C(=O)OCc1ccc([N+](=O)[O-])cc1. The predicted molar refractivity (Wildman–Crippen MR) is 172 cm³/mol. The van der Waals surface area contributed by atoms with Gasteiger partial charge < -0.3 is 14.5 Å². The first-order valence-electron chi connectivity index (χ1n) is 14.5. The van der Waals surface area contributed by atoms with Gasteiger partial charge in [0.05, 0.1) is 9.67 Å². The average Bonchev–Trinajstić information content (AvgIpc) is 3.45. The van der Waals surface area contributed by atoms with Crippen LogP contribution in [0.15, 0.2) is 115 Å². The molecule has 0 bridgehead atoms. The molecule has 5 rings (SSSR count). The van der Waals surface area contributed by atoms with Crippen molar-refractivity contribution in [1.82, 2.24) is 9.80 Å². The van der Waals surface area contributed by atoms with Gasteiger partial charge in [0.15, 0.2) is 0 Å². The van der Waals surface area contributed by atoms with E-state index < -0.39 is 9.67 Å². The summed E-state index contributed by atoms with van der Waals surface area (Å²) in [4.78, 5) is 28.1. The Morgan fingerprint density at radius 2 is 1.40 bits per heavy atom. The minimum Gasteiger partial charge on any atom is -0.445 e. The van der Waals surface area contributed by atoms with E-state index in [9.17, 15) is 14.9 Å². The van der Waals surface area contributed by atoms with Crippen LogP contribution in [0.1, 0.15) is 35.1 Å². The molecule has 0 N–H and O–H groups in total. The molecule has 222 valence electrons. The summed E-state index contributed by atoms with van der Waals surface area (Å²) in [5.41, 5.74) is 4.31. The number of benzene rings is 4. The van der Waals surface area contributed by atoms with Crippen molar-refractivity contribution in [2.75, 3.05) is 27.2 Å². The number of hydrogen-bond acceptors (Lipinski definition) is 6. The number of nitrogens with zero attached hydrogens (tertiary/aromatic N) is 3. The molecule has 0 unspecified atom stereocenters. The molecule has 1 heterocycles. The smallest absolute Gasteiger partial charge is 0.410 e. The minimum atomic E-state index is -0.473. The lowest BCUT2D eigenvalue weighted by Gasteiger charge is -2.37. The van der Waals surface area contributed by atoms with Gasteiger partial charge in [-0.25, -0.2) is 4.79 Å². The van der Waals surface area contributed by atoms with Crippen LogP contribution in [-0.4, -0.2) is 59.3 Å². The van der Waals surface area contributed by atoms with Crippen molar-refractivity contribution in [2.45, 2.75) is 35.5 Å². The van der Waals surface area contributed by atoms with Gasteiger partial charge >= 0.3 is 6.09 Å². The normalized spacial score (nSPS) is 16.8. The molecule has 1 saturated heterocycles. The van der Waals surface area contributed by atoms with E-state index in [2.05, 4.69) is 77.7 Å². The highest BCUT2D eigenvalue weighted by molar-refractivity contribution is 8.01. The van der Waals surface area contributed by atoms with Crippen molar-refractivity contribution in [1.29, 1.82) is 0 Å². The molecule has 0 radical (unpaired) electrons. The highest BCUT2D eigenvalue weighted by atomic mass is 32.2. The molecular weight excluding hydrogens is 558 g/mol. The Labute approximate surface area is 257 Å². The van der Waals surface area contributed by atoms with E-state index in [1.54, 1.807) is 12.1 Å². The van der Waals surface area contributed by atoms with Crippen molar-refractivity contribution >= 4 is 23.5 Å². The Kier molecular flexibility index (Phi) is 9.79. The lowest BCUT2D eigenvalue weighted by atomic mass is 9.84. The molecule has 1 amide bonds. The van der Waals surface area contributed by atoms with Gasteiger partial charge in [-0.05, 0) is 67.9 Å². The number of thioether (sulfide) groups is 1. The second-order valence-electron chi connectivity index (χ2n) is 11.1. The van der Waals surface area contributed by atoms with Crippen LogP contribution in [-0.2, 0) is 16.1 Å². The van der Waals surface area contributed by atoms with E-state index in [4.69, 9.17) is 4.74 Å². The fraction of sp³-hybridized carbons (Fsp3) is 0.286. The molecular formula is C35H37N3O4S. The van der Waals surface area contributed by atoms with Gasteiger partial charge in [-0.3, -0.25) is 10.1 Å². The lowest BCUT2D eigenvalue weighted by Crippen LogP contribution is -2.38. The zero-order valence-corrected chi connectivity index (χ0v) is 25.4. The summed E-state index contributed by atoms with van der Waals surface area (Å²) in [5.74, 6) is 0. The summed E-state index contributed by atoms with van der Waals surface area (Å²) < 4.78 is 5.30. The number of carbonyl (C=O) groups is 1. The molecule has 1 aliphatic heterocycles. The number of amides is 1. The molecule has 1 fully saturated rings. The number of nitro benzene ring substituents is 1. The number of ether oxygens (including phenoxy) is 1. The summed E-state index contributed by atoms with van der Waals surface area (Å²) in [6.45, 7) is 1.49. The van der Waals surface area contributed by atoms with E-state index in [0.29, 0.717) is 12.1 Å². The van der Waals surface area contributed by atoms with E-state index in [1.165, 1.54) is 28.8 Å². The zero-order valence-electron chi connectivity index (χ0n) is 24.5. The van der Waals surface area contributed by atoms with Gasteiger partial charge in [-0.15, -0.1) is 11.8 Å². The quantitative estimate of drug-likeness (QED) is 0.103. The van der Waals surface area contributed by atoms with Gasteiger partial charge in [-0.2, -0.15) is 0 Å². The third-order valence-electron chi connectivity index (χ3n) is 7.91. The first-order chi connectivity index (χ1) is 20.9. The van der Waals surface area contributed by atoms with E-state index >= 15 is 0 Å². The molecule has 0 aromatic heterocycles. The standard InChI is InChI=1S/C35H37N3O4S/c1-36(2)23-22-32-24-33(25-37(32)34(39)42-26-27-18-20-31(21-19-27)38(40)41)43-35(28-12-6-3-7-13-28,29-14-8-4-9-15-29)30-16-10-5-11-17-30/h3-21,32-33H,22-26H2,1-2H3/t32-,33+/m1/s1. The maximum absolute atomic E-state index is 13.5. The molecule has 43 heavy (non-hydrogen) atoms. The van der Waals surface area contributed by atoms with Crippen LogP contribution in [0.4, 0.5) is 10.5 Å². The van der Waals surface area contributed by atoms with E-state index in [0.717, 1.165) is 19.4 Å². The second kappa shape index (κ2) is 13.9. The van der Waals surface area contributed by atoms with Crippen LogP contribution in [0.3, 0.4) is 0 Å². The highest BCUT2D eigenvalue weighted by Gasteiger charge is 2.44. The van der Waals surface area contributed by atoms with Crippen LogP contribution < -0.4 is 0 Å². The van der Waals surface area contributed by atoms with Crippen LogP contribution in [0, 0.1) is 10.1 Å². The minimum absolute atomic E-state index is 0.0111. The average molecular weight is 596 g/mol. The number of carbonyl (C=O) groups excluding carboxylic acids is 1. The van der Waals surface area contributed by atoms with Gasteiger partial charge in [0, 0.05) is 30.0 Å². The largest absolute Gasteiger partial charge is 0.445 e. The molecule has 0 aliphatic carbocycles. The third kappa shape index (κ3) is 7.09. The van der Waals surface area contributed by atoms with Gasteiger partial charge in [0.1, 0.15) is 6.61 Å². The van der Waals surface area contributed by atoms with Crippen molar-refractivity contribution in [2.24, 2.45) is 0 Å². The molecule has 4 aromatic rings. The first kappa shape index (κ1) is 30.3. The van der Waals surface area contributed by atoms with Crippen molar-refractivity contribution < 1.29 is 14.5 Å². The summed E-state index contributed by atoms with van der Waals surface area (Å²) in [7, 11) is 4.09. The summed E-state index contributed by atoms with van der Waals surface area (Å²) in [5, 5.41) is 11.2. The van der Waals surface area contributed by atoms with E-state index in [-0.39, 0.29) is 29.7 Å². The van der Waals surface area contributed by atoms with Gasteiger partial charge in [0.2, 0.25) is 0 Å². The maximum atomic E-state index is 13.5. The van der Waals surface area contributed by atoms with Gasteiger partial charge in [-0.1, -0.05) is 91.0 Å². The first-order valence-corrected chi connectivity index (χ1v) is 15.4. The van der Waals surface area contributed by atoms with Crippen LogP contribution in [0.5, 0.6) is 0 Å². The topological polar surface area (TPSA) is 75.9 Å². The molecule has 1 aliphatic rings. The molecule has 2 atom stereocenters. The second-order valence-corrected chi connectivity index (χ2v) is 12.6. The zero-order chi connectivity index (χ0) is 30.2. The number of rotatable bonds is 11. The summed E-state index contributed by atoms with van der Waals surface area (Å²) in [6, 6.07) is 38.0. The molecule has 0 spiro atoms. The fourth-order valence-corrected chi connectivity index (χ4v) is 7.65. The Morgan fingerprint density at radius 1 is 0.884 bits per heavy atom. The number of non-ortho nitro benzene ring substituents is 1. The number of nitro groups is 1. The monoisotopic (exact) mass is 595 g/mol. The van der Waals surface area contributed by atoms with Crippen molar-refractivity contribution in [3.8, 4) is 0 Å². The molecule has 4 aromatic carbocycles. The predicted octanol–water partition coefficient (Wildman–Crippen LogP) is 7.35. The van der Waals surface area contributed by atoms with E-state index in [1.807, 2.05) is 49.0 Å². The Balaban J connectivity index is 1.43. The Bertz CT molecular complexity index is 1390. The third-order valence-corrected chi connectivity index (χ3v) is 9.65. The van der Waals surface area contributed by atoms with Crippen LogP contribution in [0.25, 0.3) is 0 Å². The molecule has 7 nitrogen and oxygen atoms in total. The molecule has 0 saturated carbocycles. The Hall–Kier alpha value is -4.14. The maximum Gasteiger partial charge on any atom is 0.410 e. The summed E-state index contributed by atoms with van der Waals surface area (Å²) >= 11 is 1.91. The lowest BCUT2D eigenvalue weighted by molar-refractivity contribution is -0.384. The van der Waals surface area contributed by atoms with Gasteiger partial charge in [0.25, 0.3) is 5.69 Å². The molecule has 8 heteroatoms. The fourth-order valence-electron chi connectivity index (χ4n) is 5.78. The van der Waals surface area contributed by atoms with Crippen molar-refractivity contribution in [3.05, 3.63) is 148 Å². The van der Waals surface area contributed by atoms with Crippen molar-refractivity contribution in [3.63, 3.8) is 0 Å².